The summed E-state index contributed by atoms with van der Waals surface area (Å²) in [5.74, 6) is 0.604. The van der Waals surface area contributed by atoms with Crippen LogP contribution < -0.4 is 0 Å². The molecule has 0 aliphatic rings. The summed E-state index contributed by atoms with van der Waals surface area (Å²) in [5, 5.41) is 11.2. The smallest absolute Gasteiger partial charge is 0.169 e. The van der Waals surface area contributed by atoms with Crippen LogP contribution in [0.2, 0.25) is 0 Å². The zero-order chi connectivity index (χ0) is 14.7. The van der Waals surface area contributed by atoms with Gasteiger partial charge in [0.15, 0.2) is 5.16 Å². The van der Waals surface area contributed by atoms with Crippen LogP contribution in [-0.4, -0.2) is 20.4 Å². The van der Waals surface area contributed by atoms with Gasteiger partial charge in [0.1, 0.15) is 0 Å². The molecule has 2 aromatic carbocycles. The first-order chi connectivity index (χ1) is 10.3. The van der Waals surface area contributed by atoms with Crippen LogP contribution in [0.15, 0.2) is 59.8 Å². The van der Waals surface area contributed by atoms with Gasteiger partial charge >= 0.3 is 0 Å². The third kappa shape index (κ3) is 2.96. The van der Waals surface area contributed by atoms with Crippen molar-refractivity contribution in [3.05, 3.63) is 60.2 Å². The molecule has 0 bridgehead atoms. The van der Waals surface area contributed by atoms with Crippen LogP contribution in [-0.2, 0) is 6.54 Å². The Labute approximate surface area is 128 Å². The zero-order valence-corrected chi connectivity index (χ0v) is 12.8. The molecule has 3 aromatic rings. The molecule has 1 aromatic heterocycles. The van der Waals surface area contributed by atoms with E-state index in [0.29, 0.717) is 5.75 Å². The fraction of sp³-hybridized carbons (Fsp3) is 0.235. The van der Waals surface area contributed by atoms with Crippen LogP contribution in [0.5, 0.6) is 0 Å². The molecule has 0 saturated heterocycles. The highest BCUT2D eigenvalue weighted by molar-refractivity contribution is 7.99. The number of aliphatic hydroxyl groups excluding tert-OH is 1. The van der Waals surface area contributed by atoms with Crippen LogP contribution >= 0.6 is 11.8 Å². The van der Waals surface area contributed by atoms with Crippen LogP contribution in [0, 0.1) is 0 Å². The molecule has 0 amide bonds. The summed E-state index contributed by atoms with van der Waals surface area (Å²) >= 11 is 1.60. The zero-order valence-electron chi connectivity index (χ0n) is 11.9. The molecule has 0 radical (unpaired) electrons. The lowest BCUT2D eigenvalue weighted by Crippen LogP contribution is -2.02. The van der Waals surface area contributed by atoms with Crippen LogP contribution in [0.4, 0.5) is 0 Å². The second-order valence-corrected chi connectivity index (χ2v) is 5.85. The minimum atomic E-state index is -0.471. The van der Waals surface area contributed by atoms with Crippen LogP contribution in [0.1, 0.15) is 18.6 Å². The number of para-hydroxylation sites is 2. The van der Waals surface area contributed by atoms with Gasteiger partial charge in [0.25, 0.3) is 0 Å². The average Bonchev–Trinajstić information content (AvgIpc) is 2.91. The highest BCUT2D eigenvalue weighted by Crippen LogP contribution is 2.27. The highest BCUT2D eigenvalue weighted by atomic mass is 32.2. The molecule has 1 atom stereocenters. The lowest BCUT2D eigenvalue weighted by molar-refractivity contribution is 0.204. The Hall–Kier alpha value is -1.78. The van der Waals surface area contributed by atoms with E-state index >= 15 is 0 Å². The first-order valence-corrected chi connectivity index (χ1v) is 8.09. The number of hydrogen-bond acceptors (Lipinski definition) is 3. The van der Waals surface area contributed by atoms with Crippen molar-refractivity contribution >= 4 is 22.8 Å². The molecule has 1 N–H and O–H groups in total. The number of thioether (sulfide) groups is 1. The van der Waals surface area contributed by atoms with Gasteiger partial charge in [0.2, 0.25) is 0 Å². The van der Waals surface area contributed by atoms with Gasteiger partial charge in [-0.3, -0.25) is 0 Å². The molecule has 21 heavy (non-hydrogen) atoms. The largest absolute Gasteiger partial charge is 0.388 e. The molecular formula is C17H18N2OS. The number of fused-ring (bicyclic) bond motifs is 1. The fourth-order valence-electron chi connectivity index (χ4n) is 2.39. The van der Waals surface area contributed by atoms with E-state index in [4.69, 9.17) is 0 Å². The average molecular weight is 298 g/mol. The number of aromatic nitrogens is 2. The summed E-state index contributed by atoms with van der Waals surface area (Å²) in [4.78, 5) is 4.66. The molecule has 0 aliphatic carbocycles. The van der Waals surface area contributed by atoms with Gasteiger partial charge in [-0.05, 0) is 24.6 Å². The van der Waals surface area contributed by atoms with Crippen molar-refractivity contribution in [2.45, 2.75) is 24.7 Å². The number of nitrogens with zero attached hydrogens (tertiary/aromatic N) is 2. The number of hydrogen-bond donors (Lipinski definition) is 1. The quantitative estimate of drug-likeness (QED) is 0.726. The van der Waals surface area contributed by atoms with Gasteiger partial charge < -0.3 is 9.67 Å². The Morgan fingerprint density at radius 3 is 2.57 bits per heavy atom. The summed E-state index contributed by atoms with van der Waals surface area (Å²) < 4.78 is 2.19. The normalized spacial score (nSPS) is 12.7. The second kappa shape index (κ2) is 6.33. The van der Waals surface area contributed by atoms with Crippen LogP contribution in [0.3, 0.4) is 0 Å². The molecule has 0 aliphatic heterocycles. The predicted molar refractivity (Wildman–Crippen MR) is 87.5 cm³/mol. The van der Waals surface area contributed by atoms with Crippen LogP contribution in [0.25, 0.3) is 11.0 Å². The molecule has 108 valence electrons. The molecule has 1 heterocycles. The fourth-order valence-corrected chi connectivity index (χ4v) is 3.44. The maximum atomic E-state index is 10.3. The van der Waals surface area contributed by atoms with Gasteiger partial charge in [-0.25, -0.2) is 4.98 Å². The Bertz CT molecular complexity index is 724. The molecule has 0 spiro atoms. The molecule has 3 nitrogen and oxygen atoms in total. The number of rotatable bonds is 5. The topological polar surface area (TPSA) is 38.0 Å². The summed E-state index contributed by atoms with van der Waals surface area (Å²) in [5.41, 5.74) is 3.11. The molecule has 0 unspecified atom stereocenters. The lowest BCUT2D eigenvalue weighted by Gasteiger charge is -2.11. The number of imidazole rings is 1. The standard InChI is InChI=1S/C17H18N2OS/c1-2-19-15-11-7-6-10-14(15)18-17(19)21-12-16(20)13-8-4-3-5-9-13/h3-11,16,20H,2,12H2,1H3/t16-/m0/s1. The van der Waals surface area contributed by atoms with Crippen molar-refractivity contribution < 1.29 is 5.11 Å². The van der Waals surface area contributed by atoms with E-state index in [1.807, 2.05) is 48.5 Å². The van der Waals surface area contributed by atoms with E-state index in [1.54, 1.807) is 11.8 Å². The Kier molecular flexibility index (Phi) is 4.27. The third-order valence-corrected chi connectivity index (χ3v) is 4.54. The summed E-state index contributed by atoms with van der Waals surface area (Å²) in [6.45, 7) is 3.00. The molecule has 3 rings (SSSR count). The predicted octanol–water partition coefficient (Wildman–Crippen LogP) is 3.88. The molecular weight excluding hydrogens is 280 g/mol. The van der Waals surface area contributed by atoms with E-state index in [0.717, 1.165) is 28.3 Å². The van der Waals surface area contributed by atoms with Gasteiger partial charge in [-0.15, -0.1) is 0 Å². The Morgan fingerprint density at radius 2 is 1.81 bits per heavy atom. The maximum Gasteiger partial charge on any atom is 0.169 e. The van der Waals surface area contributed by atoms with Gasteiger partial charge in [0, 0.05) is 12.3 Å². The molecule has 4 heteroatoms. The lowest BCUT2D eigenvalue weighted by atomic mass is 10.1. The van der Waals surface area contributed by atoms with Crippen molar-refractivity contribution in [3.63, 3.8) is 0 Å². The first kappa shape index (κ1) is 14.2. The van der Waals surface area contributed by atoms with E-state index < -0.39 is 6.10 Å². The molecule has 0 fully saturated rings. The van der Waals surface area contributed by atoms with Crippen molar-refractivity contribution in [1.29, 1.82) is 0 Å². The van der Waals surface area contributed by atoms with E-state index in [-0.39, 0.29) is 0 Å². The van der Waals surface area contributed by atoms with Crippen molar-refractivity contribution in [2.75, 3.05) is 5.75 Å². The van der Waals surface area contributed by atoms with E-state index in [1.165, 1.54) is 0 Å². The van der Waals surface area contributed by atoms with Gasteiger partial charge in [-0.1, -0.05) is 54.2 Å². The summed E-state index contributed by atoms with van der Waals surface area (Å²) in [7, 11) is 0. The maximum absolute atomic E-state index is 10.3. The third-order valence-electron chi connectivity index (χ3n) is 3.49. The number of aliphatic hydroxyl groups is 1. The minimum absolute atomic E-state index is 0.471. The Balaban J connectivity index is 1.79. The van der Waals surface area contributed by atoms with Crippen molar-refractivity contribution in [2.24, 2.45) is 0 Å². The Morgan fingerprint density at radius 1 is 1.10 bits per heavy atom. The van der Waals surface area contributed by atoms with Gasteiger partial charge in [-0.2, -0.15) is 0 Å². The monoisotopic (exact) mass is 298 g/mol. The molecule has 0 saturated carbocycles. The number of aryl methyl sites for hydroxylation is 1. The van der Waals surface area contributed by atoms with Crippen molar-refractivity contribution in [3.8, 4) is 0 Å². The summed E-state index contributed by atoms with van der Waals surface area (Å²) in [6, 6.07) is 17.9. The minimum Gasteiger partial charge on any atom is -0.388 e. The SMILES string of the molecule is CCn1c(SC[C@H](O)c2ccccc2)nc2ccccc21. The van der Waals surface area contributed by atoms with Crippen molar-refractivity contribution in [1.82, 2.24) is 9.55 Å². The van der Waals surface area contributed by atoms with E-state index in [9.17, 15) is 5.11 Å². The number of benzene rings is 2. The highest BCUT2D eigenvalue weighted by Gasteiger charge is 2.13. The summed E-state index contributed by atoms with van der Waals surface area (Å²) in [6.07, 6.45) is -0.471. The first-order valence-electron chi connectivity index (χ1n) is 7.10. The second-order valence-electron chi connectivity index (χ2n) is 4.86. The van der Waals surface area contributed by atoms with Gasteiger partial charge in [0.05, 0.1) is 17.1 Å². The van der Waals surface area contributed by atoms with E-state index in [2.05, 4.69) is 22.5 Å².